The van der Waals surface area contributed by atoms with Gasteiger partial charge < -0.3 is 9.80 Å². The Hall–Kier alpha value is -2.48. The van der Waals surface area contributed by atoms with Crippen LogP contribution in [-0.2, 0) is 16.3 Å². The van der Waals surface area contributed by atoms with Gasteiger partial charge in [-0.1, -0.05) is 18.2 Å². The maximum atomic E-state index is 12.8. The van der Waals surface area contributed by atoms with Crippen molar-refractivity contribution in [2.45, 2.75) is 18.9 Å². The van der Waals surface area contributed by atoms with Crippen molar-refractivity contribution in [1.82, 2.24) is 14.9 Å². The van der Waals surface area contributed by atoms with Crippen molar-refractivity contribution in [3.63, 3.8) is 0 Å². The predicted octanol–water partition coefficient (Wildman–Crippen LogP) is 1.43. The number of amides is 1. The number of carbonyl (C=O) groups excluding carboxylic acids is 1. The Labute approximate surface area is 152 Å². The lowest BCUT2D eigenvalue weighted by molar-refractivity contribution is 0.0741. The third-order valence-electron chi connectivity index (χ3n) is 5.11. The number of sulfone groups is 1. The molecule has 3 heterocycles. The zero-order valence-electron chi connectivity index (χ0n) is 14.5. The zero-order chi connectivity index (χ0) is 18.3. The highest BCUT2D eigenvalue weighted by molar-refractivity contribution is 7.91. The van der Waals surface area contributed by atoms with Gasteiger partial charge >= 0.3 is 0 Å². The minimum atomic E-state index is -3.05. The molecular formula is C18H20N4O3S. The Bertz CT molecular complexity index is 960. The summed E-state index contributed by atoms with van der Waals surface area (Å²) < 4.78 is 23.4. The van der Waals surface area contributed by atoms with Crippen molar-refractivity contribution in [1.29, 1.82) is 0 Å². The number of benzene rings is 1. The molecule has 1 fully saturated rings. The molecule has 4 rings (SSSR count). The van der Waals surface area contributed by atoms with Crippen LogP contribution in [0.1, 0.15) is 22.5 Å². The molecule has 1 saturated heterocycles. The molecule has 2 aliphatic heterocycles. The summed E-state index contributed by atoms with van der Waals surface area (Å²) >= 11 is 0. The van der Waals surface area contributed by atoms with Gasteiger partial charge in [-0.25, -0.2) is 18.4 Å². The molecule has 2 aromatic rings. The first-order valence-electron chi connectivity index (χ1n) is 8.60. The Morgan fingerprint density at radius 1 is 1.27 bits per heavy atom. The minimum Gasteiger partial charge on any atom is -0.336 e. The Morgan fingerprint density at radius 3 is 2.85 bits per heavy atom. The predicted molar refractivity (Wildman–Crippen MR) is 98.3 cm³/mol. The molecule has 1 aromatic heterocycles. The van der Waals surface area contributed by atoms with Crippen LogP contribution in [-0.4, -0.2) is 60.3 Å². The second kappa shape index (κ2) is 6.35. The van der Waals surface area contributed by atoms with Crippen LogP contribution in [0.15, 0.2) is 36.7 Å². The third-order valence-corrected chi connectivity index (χ3v) is 6.86. The van der Waals surface area contributed by atoms with E-state index in [2.05, 4.69) is 20.9 Å². The maximum Gasteiger partial charge on any atom is 0.272 e. The first kappa shape index (κ1) is 17.0. The van der Waals surface area contributed by atoms with E-state index in [0.717, 1.165) is 18.7 Å². The Kier molecular flexibility index (Phi) is 4.14. The van der Waals surface area contributed by atoms with E-state index in [4.69, 9.17) is 0 Å². The summed E-state index contributed by atoms with van der Waals surface area (Å²) in [7, 11) is -1.41. The van der Waals surface area contributed by atoms with E-state index >= 15 is 0 Å². The van der Waals surface area contributed by atoms with Crippen LogP contribution in [0, 0.1) is 0 Å². The molecule has 0 saturated carbocycles. The molecule has 1 amide bonds. The van der Waals surface area contributed by atoms with Crippen LogP contribution in [0.2, 0.25) is 0 Å². The van der Waals surface area contributed by atoms with Crippen molar-refractivity contribution in [2.24, 2.45) is 0 Å². The zero-order valence-corrected chi connectivity index (χ0v) is 15.3. The fourth-order valence-corrected chi connectivity index (χ4v) is 5.39. The average molecular weight is 372 g/mol. The first-order valence-corrected chi connectivity index (χ1v) is 10.4. The molecule has 0 bridgehead atoms. The average Bonchev–Trinajstić information content (AvgIpc) is 3.23. The molecule has 0 aliphatic carbocycles. The molecule has 1 aromatic carbocycles. The molecule has 136 valence electrons. The molecule has 0 radical (unpaired) electrons. The van der Waals surface area contributed by atoms with Gasteiger partial charge in [0.25, 0.3) is 5.91 Å². The van der Waals surface area contributed by atoms with Crippen LogP contribution in [0.4, 0.5) is 11.5 Å². The Morgan fingerprint density at radius 2 is 2.08 bits per heavy atom. The molecule has 1 unspecified atom stereocenters. The second-order valence-corrected chi connectivity index (χ2v) is 8.99. The van der Waals surface area contributed by atoms with Gasteiger partial charge in [0.15, 0.2) is 9.84 Å². The van der Waals surface area contributed by atoms with Crippen molar-refractivity contribution < 1.29 is 13.2 Å². The van der Waals surface area contributed by atoms with Crippen LogP contribution in [0.3, 0.4) is 0 Å². The first-order chi connectivity index (χ1) is 12.4. The largest absolute Gasteiger partial charge is 0.336 e. The summed E-state index contributed by atoms with van der Waals surface area (Å²) in [6.45, 7) is 0.806. The van der Waals surface area contributed by atoms with Gasteiger partial charge in [-0.05, 0) is 24.5 Å². The molecule has 0 spiro atoms. The van der Waals surface area contributed by atoms with Crippen molar-refractivity contribution in [2.75, 3.05) is 30.0 Å². The van der Waals surface area contributed by atoms with Gasteiger partial charge in [-0.3, -0.25) is 4.79 Å². The number of carbonyl (C=O) groups is 1. The van der Waals surface area contributed by atoms with Gasteiger partial charge in [0, 0.05) is 31.4 Å². The number of aromatic nitrogens is 2. The highest BCUT2D eigenvalue weighted by Crippen LogP contribution is 2.33. The van der Waals surface area contributed by atoms with Crippen molar-refractivity contribution in [3.05, 3.63) is 47.9 Å². The summed E-state index contributed by atoms with van der Waals surface area (Å²) in [6.07, 6.45) is 2.80. The van der Waals surface area contributed by atoms with Gasteiger partial charge in [-0.2, -0.15) is 0 Å². The summed E-state index contributed by atoms with van der Waals surface area (Å²) in [5, 5.41) is 0. The number of rotatable bonds is 3. The monoisotopic (exact) mass is 372 g/mol. The number of hydrogen-bond donors (Lipinski definition) is 0. The lowest BCUT2D eigenvalue weighted by Gasteiger charge is -2.24. The highest BCUT2D eigenvalue weighted by atomic mass is 32.2. The van der Waals surface area contributed by atoms with E-state index in [-0.39, 0.29) is 29.1 Å². The summed E-state index contributed by atoms with van der Waals surface area (Å²) in [5.41, 5.74) is 2.64. The molecular weight excluding hydrogens is 352 g/mol. The quantitative estimate of drug-likeness (QED) is 0.810. The van der Waals surface area contributed by atoms with Gasteiger partial charge in [0.2, 0.25) is 0 Å². The lowest BCUT2D eigenvalue weighted by Crippen LogP contribution is -2.38. The van der Waals surface area contributed by atoms with Crippen molar-refractivity contribution >= 4 is 27.2 Å². The Balaban J connectivity index is 1.58. The molecule has 26 heavy (non-hydrogen) atoms. The summed E-state index contributed by atoms with van der Waals surface area (Å²) in [5.74, 6) is 0.561. The van der Waals surface area contributed by atoms with Gasteiger partial charge in [0.1, 0.15) is 17.8 Å². The second-order valence-electron chi connectivity index (χ2n) is 6.76. The molecule has 7 nitrogen and oxygen atoms in total. The minimum absolute atomic E-state index is 0.0205. The summed E-state index contributed by atoms with van der Waals surface area (Å²) in [6, 6.07) is 9.53. The van der Waals surface area contributed by atoms with E-state index in [0.29, 0.717) is 12.2 Å². The number of nitrogens with zero attached hydrogens (tertiary/aromatic N) is 4. The number of para-hydroxylation sites is 1. The normalized spacial score (nSPS) is 20.8. The maximum absolute atomic E-state index is 12.8. The fraction of sp³-hybridized carbons (Fsp3) is 0.389. The number of hydrogen-bond acceptors (Lipinski definition) is 6. The molecule has 0 N–H and O–H groups in total. The van der Waals surface area contributed by atoms with E-state index < -0.39 is 9.84 Å². The van der Waals surface area contributed by atoms with Crippen molar-refractivity contribution in [3.8, 4) is 0 Å². The number of anilines is 2. The standard InChI is InChI=1S/C18H20N4O3S/c1-21(14-7-9-26(24,25)11-14)18(23)15-10-17(20-12-19-15)22-8-6-13-4-2-3-5-16(13)22/h2-5,10,12,14H,6-9,11H2,1H3. The SMILES string of the molecule is CN(C(=O)c1cc(N2CCc3ccccc32)ncn1)C1CCS(=O)(=O)C1. The lowest BCUT2D eigenvalue weighted by atomic mass is 10.2. The third kappa shape index (κ3) is 3.05. The van der Waals surface area contributed by atoms with Gasteiger partial charge in [0.05, 0.1) is 11.5 Å². The fourth-order valence-electron chi connectivity index (χ4n) is 3.62. The summed E-state index contributed by atoms with van der Waals surface area (Å²) in [4.78, 5) is 24.8. The molecule has 1 atom stereocenters. The highest BCUT2D eigenvalue weighted by Gasteiger charge is 2.33. The van der Waals surface area contributed by atoms with Crippen LogP contribution < -0.4 is 4.90 Å². The van der Waals surface area contributed by atoms with Crippen LogP contribution in [0.5, 0.6) is 0 Å². The van der Waals surface area contributed by atoms with Crippen LogP contribution in [0.25, 0.3) is 0 Å². The number of fused-ring (bicyclic) bond motifs is 1. The topological polar surface area (TPSA) is 83.5 Å². The smallest absolute Gasteiger partial charge is 0.272 e. The van der Waals surface area contributed by atoms with E-state index in [1.165, 1.54) is 16.8 Å². The van der Waals surface area contributed by atoms with E-state index in [1.807, 2.05) is 18.2 Å². The van der Waals surface area contributed by atoms with Gasteiger partial charge in [-0.15, -0.1) is 0 Å². The van der Waals surface area contributed by atoms with E-state index in [1.54, 1.807) is 13.1 Å². The molecule has 8 heteroatoms. The van der Waals surface area contributed by atoms with Crippen LogP contribution >= 0.6 is 0 Å². The van der Waals surface area contributed by atoms with E-state index in [9.17, 15) is 13.2 Å². The molecule has 2 aliphatic rings.